The van der Waals surface area contributed by atoms with Crippen LogP contribution in [0.1, 0.15) is 17.1 Å². The van der Waals surface area contributed by atoms with Gasteiger partial charge in [0.05, 0.1) is 6.54 Å². The lowest BCUT2D eigenvalue weighted by Gasteiger charge is -2.19. The highest BCUT2D eigenvalue weighted by Crippen LogP contribution is 2.30. The molecule has 0 saturated heterocycles. The predicted octanol–water partition coefficient (Wildman–Crippen LogP) is 1.40. The Morgan fingerprint density at radius 2 is 2.10 bits per heavy atom. The summed E-state index contributed by atoms with van der Waals surface area (Å²) in [5.74, 6) is -0.0277. The van der Waals surface area contributed by atoms with Crippen LogP contribution in [-0.2, 0) is 19.6 Å². The number of hydrogen-bond donors (Lipinski definition) is 2. The third kappa shape index (κ3) is 2.16. The monoisotopic (exact) mass is 273 g/mol. The number of anilines is 1. The smallest absolute Gasteiger partial charge is 0.227 e. The minimum atomic E-state index is -0.525. The summed E-state index contributed by atoms with van der Waals surface area (Å²) >= 11 is 0. The van der Waals surface area contributed by atoms with Crippen molar-refractivity contribution in [2.24, 2.45) is 0 Å². The molecule has 0 spiro atoms. The third-order valence-electron chi connectivity index (χ3n) is 3.52. The fraction of sp³-hybridized carbons (Fsp3) is 0.267. The molecule has 0 radical (unpaired) electrons. The number of benzene rings is 1. The van der Waals surface area contributed by atoms with Crippen molar-refractivity contribution in [1.29, 1.82) is 0 Å². The zero-order valence-corrected chi connectivity index (χ0v) is 10.9. The Morgan fingerprint density at radius 3 is 2.90 bits per heavy atom. The van der Waals surface area contributed by atoms with Gasteiger partial charge in [-0.3, -0.25) is 4.79 Å². The van der Waals surface area contributed by atoms with Gasteiger partial charge in [-0.2, -0.15) is 0 Å². The summed E-state index contributed by atoms with van der Waals surface area (Å²) in [6.45, 7) is 0.761. The second kappa shape index (κ2) is 5.02. The Bertz CT molecular complexity index is 693. The van der Waals surface area contributed by atoms with Crippen molar-refractivity contribution in [2.75, 3.05) is 11.4 Å². The predicted molar refractivity (Wildman–Crippen MR) is 73.8 cm³/mol. The summed E-state index contributed by atoms with van der Waals surface area (Å²) in [6.07, 6.45) is 0.931. The standard InChI is InChI=1S/C15H15NO4/c17-9-11-7-13(18)15(19)14(20-11)8-16-6-5-10-3-1-2-4-12(10)16/h1-4,7,17,19H,5-6,8-9H2. The molecule has 5 nitrogen and oxygen atoms in total. The molecule has 104 valence electrons. The van der Waals surface area contributed by atoms with Gasteiger partial charge in [-0.05, 0) is 18.1 Å². The summed E-state index contributed by atoms with van der Waals surface area (Å²) in [6, 6.07) is 9.13. The van der Waals surface area contributed by atoms with Crippen LogP contribution < -0.4 is 10.3 Å². The first kappa shape index (κ1) is 12.7. The van der Waals surface area contributed by atoms with E-state index in [9.17, 15) is 9.90 Å². The van der Waals surface area contributed by atoms with Crippen molar-refractivity contribution in [3.05, 3.63) is 57.6 Å². The van der Waals surface area contributed by atoms with Crippen molar-refractivity contribution < 1.29 is 14.6 Å². The van der Waals surface area contributed by atoms with Gasteiger partial charge in [0.2, 0.25) is 11.2 Å². The lowest BCUT2D eigenvalue weighted by molar-refractivity contribution is 0.235. The molecule has 0 bridgehead atoms. The molecule has 2 N–H and O–H groups in total. The van der Waals surface area contributed by atoms with Crippen molar-refractivity contribution in [3.8, 4) is 5.75 Å². The summed E-state index contributed by atoms with van der Waals surface area (Å²) in [4.78, 5) is 13.6. The second-order valence-corrected chi connectivity index (χ2v) is 4.81. The van der Waals surface area contributed by atoms with Crippen LogP contribution in [0.5, 0.6) is 5.75 Å². The number of aromatic hydroxyl groups is 1. The quantitative estimate of drug-likeness (QED) is 0.884. The van der Waals surface area contributed by atoms with Crippen LogP contribution in [0.15, 0.2) is 39.5 Å². The van der Waals surface area contributed by atoms with Gasteiger partial charge in [0.25, 0.3) is 0 Å². The first-order valence-corrected chi connectivity index (χ1v) is 6.47. The molecule has 20 heavy (non-hydrogen) atoms. The van der Waals surface area contributed by atoms with Gasteiger partial charge in [-0.1, -0.05) is 18.2 Å². The minimum Gasteiger partial charge on any atom is -0.502 e. The fourth-order valence-electron chi connectivity index (χ4n) is 2.52. The van der Waals surface area contributed by atoms with Gasteiger partial charge in [0.15, 0.2) is 5.76 Å². The molecular formula is C15H15NO4. The second-order valence-electron chi connectivity index (χ2n) is 4.81. The van der Waals surface area contributed by atoms with Gasteiger partial charge < -0.3 is 19.5 Å². The van der Waals surface area contributed by atoms with Crippen LogP contribution in [0.4, 0.5) is 5.69 Å². The van der Waals surface area contributed by atoms with E-state index in [-0.39, 0.29) is 23.9 Å². The van der Waals surface area contributed by atoms with E-state index in [2.05, 4.69) is 11.0 Å². The third-order valence-corrected chi connectivity index (χ3v) is 3.52. The Hall–Kier alpha value is -2.27. The molecule has 0 aliphatic carbocycles. The molecule has 2 heterocycles. The number of hydrogen-bond acceptors (Lipinski definition) is 5. The molecular weight excluding hydrogens is 258 g/mol. The summed E-state index contributed by atoms with van der Waals surface area (Å²) in [5, 5.41) is 18.9. The highest BCUT2D eigenvalue weighted by Gasteiger charge is 2.21. The molecule has 0 atom stereocenters. The van der Waals surface area contributed by atoms with E-state index >= 15 is 0 Å². The molecule has 0 amide bonds. The van der Waals surface area contributed by atoms with Crippen LogP contribution >= 0.6 is 0 Å². The lowest BCUT2D eigenvalue weighted by Crippen LogP contribution is -2.21. The molecule has 5 heteroatoms. The van der Waals surface area contributed by atoms with Gasteiger partial charge in [0.1, 0.15) is 12.4 Å². The van der Waals surface area contributed by atoms with Gasteiger partial charge >= 0.3 is 0 Å². The van der Waals surface area contributed by atoms with Gasteiger partial charge in [-0.15, -0.1) is 0 Å². The largest absolute Gasteiger partial charge is 0.502 e. The molecule has 0 unspecified atom stereocenters. The maximum atomic E-state index is 11.6. The number of aliphatic hydroxyl groups is 1. The molecule has 2 aromatic rings. The maximum absolute atomic E-state index is 11.6. The normalized spacial score (nSPS) is 13.6. The van der Waals surface area contributed by atoms with Crippen LogP contribution in [0, 0.1) is 0 Å². The molecule has 1 aromatic heterocycles. The summed E-state index contributed by atoms with van der Waals surface area (Å²) in [7, 11) is 0. The van der Waals surface area contributed by atoms with Crippen molar-refractivity contribution in [1.82, 2.24) is 0 Å². The zero-order chi connectivity index (χ0) is 14.1. The first-order valence-electron chi connectivity index (χ1n) is 6.47. The molecule has 3 rings (SSSR count). The SMILES string of the molecule is O=c1cc(CO)oc(CN2CCc3ccccc32)c1O. The van der Waals surface area contributed by atoms with E-state index in [1.165, 1.54) is 5.56 Å². The number of nitrogens with zero attached hydrogens (tertiary/aromatic N) is 1. The van der Waals surface area contributed by atoms with Crippen LogP contribution in [-0.4, -0.2) is 16.8 Å². The Kier molecular flexibility index (Phi) is 3.20. The molecule has 1 aromatic carbocycles. The van der Waals surface area contributed by atoms with Crippen LogP contribution in [0.25, 0.3) is 0 Å². The van der Waals surface area contributed by atoms with E-state index in [1.807, 2.05) is 18.2 Å². The molecule has 0 fully saturated rings. The summed E-state index contributed by atoms with van der Waals surface area (Å²) < 4.78 is 5.37. The molecule has 1 aliphatic heterocycles. The average molecular weight is 273 g/mol. The number of rotatable bonds is 3. The van der Waals surface area contributed by atoms with Crippen molar-refractivity contribution >= 4 is 5.69 Å². The van der Waals surface area contributed by atoms with Crippen LogP contribution in [0.3, 0.4) is 0 Å². The molecule has 1 aliphatic rings. The van der Waals surface area contributed by atoms with E-state index < -0.39 is 5.43 Å². The van der Waals surface area contributed by atoms with Gasteiger partial charge in [0, 0.05) is 18.3 Å². The molecule has 0 saturated carbocycles. The zero-order valence-electron chi connectivity index (χ0n) is 10.9. The Labute approximate surface area is 115 Å². The number of aliphatic hydroxyl groups excluding tert-OH is 1. The van der Waals surface area contributed by atoms with Crippen LogP contribution in [0.2, 0.25) is 0 Å². The van der Waals surface area contributed by atoms with Gasteiger partial charge in [-0.25, -0.2) is 0 Å². The maximum Gasteiger partial charge on any atom is 0.227 e. The number of fused-ring (bicyclic) bond motifs is 1. The fourth-order valence-corrected chi connectivity index (χ4v) is 2.52. The van der Waals surface area contributed by atoms with E-state index in [0.29, 0.717) is 6.54 Å². The van der Waals surface area contributed by atoms with E-state index in [1.54, 1.807) is 0 Å². The van der Waals surface area contributed by atoms with E-state index in [4.69, 9.17) is 9.52 Å². The highest BCUT2D eigenvalue weighted by atomic mass is 16.4. The Morgan fingerprint density at radius 1 is 1.30 bits per heavy atom. The van der Waals surface area contributed by atoms with Crippen molar-refractivity contribution in [3.63, 3.8) is 0 Å². The van der Waals surface area contributed by atoms with Crippen molar-refractivity contribution in [2.45, 2.75) is 19.6 Å². The highest BCUT2D eigenvalue weighted by molar-refractivity contribution is 5.58. The lowest BCUT2D eigenvalue weighted by atomic mass is 10.2. The minimum absolute atomic E-state index is 0.162. The Balaban J connectivity index is 1.93. The summed E-state index contributed by atoms with van der Waals surface area (Å²) in [5.41, 5.74) is 1.80. The topological polar surface area (TPSA) is 73.9 Å². The van der Waals surface area contributed by atoms with E-state index in [0.717, 1.165) is 24.7 Å². The first-order chi connectivity index (χ1) is 9.69. The average Bonchev–Trinajstić information content (AvgIpc) is 2.87. The number of para-hydroxylation sites is 1.